The molecule has 1 saturated heterocycles. The number of anilines is 1. The van der Waals surface area contributed by atoms with Crippen LogP contribution in [0.5, 0.6) is 5.75 Å². The number of rotatable bonds is 5. The van der Waals surface area contributed by atoms with Crippen molar-refractivity contribution in [3.63, 3.8) is 0 Å². The van der Waals surface area contributed by atoms with E-state index in [1.165, 1.54) is 24.3 Å². The van der Waals surface area contributed by atoms with Gasteiger partial charge in [0.1, 0.15) is 17.7 Å². The number of benzene rings is 2. The monoisotopic (exact) mass is 337 g/mol. The molecule has 5 nitrogen and oxygen atoms in total. The third-order valence-electron chi connectivity index (χ3n) is 3.42. The molecule has 0 radical (unpaired) electrons. The lowest BCUT2D eigenvalue weighted by molar-refractivity contribution is -0.0794. The quantitative estimate of drug-likeness (QED) is 0.911. The number of aryl methyl sites for hydroxylation is 1. The fraction of sp³-hybridized carbons (Fsp3) is 0.250. The van der Waals surface area contributed by atoms with Gasteiger partial charge in [-0.25, -0.2) is 12.8 Å². The highest BCUT2D eigenvalue weighted by molar-refractivity contribution is 7.92. The predicted octanol–water partition coefficient (Wildman–Crippen LogP) is 2.71. The second-order valence-corrected chi connectivity index (χ2v) is 7.02. The highest BCUT2D eigenvalue weighted by Crippen LogP contribution is 2.29. The highest BCUT2D eigenvalue weighted by Gasteiger charge is 2.23. The van der Waals surface area contributed by atoms with E-state index in [-0.39, 0.29) is 22.4 Å². The maximum atomic E-state index is 13.5. The van der Waals surface area contributed by atoms with Gasteiger partial charge in [-0.3, -0.25) is 4.72 Å². The Bertz CT molecular complexity index is 801. The van der Waals surface area contributed by atoms with Crippen molar-refractivity contribution in [1.29, 1.82) is 0 Å². The van der Waals surface area contributed by atoms with Crippen molar-refractivity contribution in [1.82, 2.24) is 0 Å². The number of ether oxygens (including phenoxy) is 2. The Hall–Kier alpha value is -2.12. The summed E-state index contributed by atoms with van der Waals surface area (Å²) in [5.41, 5.74) is 1.01. The summed E-state index contributed by atoms with van der Waals surface area (Å²) in [4.78, 5) is 0.102. The van der Waals surface area contributed by atoms with Crippen LogP contribution in [0.25, 0.3) is 0 Å². The van der Waals surface area contributed by atoms with Crippen LogP contribution in [0.1, 0.15) is 5.56 Å². The lowest BCUT2D eigenvalue weighted by atomic mass is 10.2. The third kappa shape index (κ3) is 3.62. The molecule has 122 valence electrons. The van der Waals surface area contributed by atoms with Crippen molar-refractivity contribution >= 4 is 15.7 Å². The van der Waals surface area contributed by atoms with Gasteiger partial charge in [-0.05, 0) is 31.2 Å². The molecule has 23 heavy (non-hydrogen) atoms. The molecule has 0 aliphatic carbocycles. The third-order valence-corrected chi connectivity index (χ3v) is 4.80. The van der Waals surface area contributed by atoms with E-state index in [1.54, 1.807) is 12.1 Å². The van der Waals surface area contributed by atoms with Crippen LogP contribution in [0, 0.1) is 12.7 Å². The van der Waals surface area contributed by atoms with Crippen molar-refractivity contribution in [3.8, 4) is 5.75 Å². The van der Waals surface area contributed by atoms with E-state index >= 15 is 0 Å². The van der Waals surface area contributed by atoms with Crippen molar-refractivity contribution in [2.75, 3.05) is 17.9 Å². The average molecular weight is 337 g/mol. The van der Waals surface area contributed by atoms with Crippen molar-refractivity contribution in [2.45, 2.75) is 17.9 Å². The van der Waals surface area contributed by atoms with Gasteiger partial charge in [0.15, 0.2) is 0 Å². The second kappa shape index (κ2) is 6.17. The maximum Gasteiger partial charge on any atom is 0.262 e. The first-order chi connectivity index (χ1) is 10.9. The molecule has 1 aliphatic rings. The van der Waals surface area contributed by atoms with Crippen LogP contribution in [-0.2, 0) is 14.8 Å². The molecule has 1 fully saturated rings. The first kappa shape index (κ1) is 15.8. The van der Waals surface area contributed by atoms with Crippen molar-refractivity contribution in [3.05, 3.63) is 53.8 Å². The highest BCUT2D eigenvalue weighted by atomic mass is 32.2. The Morgan fingerprint density at radius 1 is 1.17 bits per heavy atom. The normalized spacial score (nSPS) is 15.0. The fourth-order valence-corrected chi connectivity index (χ4v) is 3.13. The molecule has 3 rings (SSSR count). The number of hydrogen-bond acceptors (Lipinski definition) is 4. The van der Waals surface area contributed by atoms with Crippen molar-refractivity contribution < 1.29 is 22.3 Å². The smallest absolute Gasteiger partial charge is 0.262 e. The average Bonchev–Trinajstić information content (AvgIpc) is 2.44. The molecule has 1 aliphatic heterocycles. The zero-order valence-electron chi connectivity index (χ0n) is 12.5. The Labute approximate surface area is 134 Å². The first-order valence-electron chi connectivity index (χ1n) is 7.07. The summed E-state index contributed by atoms with van der Waals surface area (Å²) in [5, 5.41) is 0. The zero-order valence-corrected chi connectivity index (χ0v) is 13.3. The summed E-state index contributed by atoms with van der Waals surface area (Å²) in [6.45, 7) is 2.73. The molecule has 2 aromatic carbocycles. The van der Waals surface area contributed by atoms with Gasteiger partial charge in [-0.2, -0.15) is 0 Å². The van der Waals surface area contributed by atoms with Crippen LogP contribution in [0.4, 0.5) is 10.1 Å². The van der Waals surface area contributed by atoms with E-state index in [0.717, 1.165) is 11.6 Å². The molecule has 7 heteroatoms. The molecular formula is C16H16FNO4S. The Morgan fingerprint density at radius 3 is 2.48 bits per heavy atom. The molecular weight excluding hydrogens is 321 g/mol. The SMILES string of the molecule is Cc1ccc(S(=O)(=O)Nc2cc(F)ccc2OC2COC2)cc1. The zero-order chi connectivity index (χ0) is 16.4. The summed E-state index contributed by atoms with van der Waals surface area (Å²) in [6, 6.07) is 10.1. The minimum atomic E-state index is -3.82. The lowest BCUT2D eigenvalue weighted by Crippen LogP contribution is -2.38. The van der Waals surface area contributed by atoms with Gasteiger partial charge < -0.3 is 9.47 Å². The van der Waals surface area contributed by atoms with Crippen LogP contribution < -0.4 is 9.46 Å². The van der Waals surface area contributed by atoms with Crippen LogP contribution in [0.15, 0.2) is 47.4 Å². The molecule has 0 aromatic heterocycles. The number of nitrogens with one attached hydrogen (secondary N) is 1. The second-order valence-electron chi connectivity index (χ2n) is 5.34. The molecule has 1 N–H and O–H groups in total. The van der Waals surface area contributed by atoms with Gasteiger partial charge in [0.05, 0.1) is 23.8 Å². The minimum absolute atomic E-state index is 0.0671. The van der Waals surface area contributed by atoms with E-state index in [9.17, 15) is 12.8 Å². The van der Waals surface area contributed by atoms with Gasteiger partial charge in [-0.1, -0.05) is 17.7 Å². The molecule has 0 saturated carbocycles. The molecule has 0 atom stereocenters. The lowest BCUT2D eigenvalue weighted by Gasteiger charge is -2.27. The molecule has 2 aromatic rings. The summed E-state index contributed by atoms with van der Waals surface area (Å²) >= 11 is 0. The summed E-state index contributed by atoms with van der Waals surface area (Å²) in [5.74, 6) is -0.279. The minimum Gasteiger partial charge on any atom is -0.483 e. The van der Waals surface area contributed by atoms with Gasteiger partial charge in [0.25, 0.3) is 10.0 Å². The van der Waals surface area contributed by atoms with Crippen LogP contribution in [0.3, 0.4) is 0 Å². The summed E-state index contributed by atoms with van der Waals surface area (Å²) in [7, 11) is -3.82. The standard InChI is InChI=1S/C16H16FNO4S/c1-11-2-5-14(6-3-11)23(19,20)18-15-8-12(17)4-7-16(15)22-13-9-21-10-13/h2-8,13,18H,9-10H2,1H3. The largest absolute Gasteiger partial charge is 0.483 e. The Kier molecular flexibility index (Phi) is 4.23. The van der Waals surface area contributed by atoms with Gasteiger partial charge in [0.2, 0.25) is 0 Å². The van der Waals surface area contributed by atoms with Crippen LogP contribution in [0.2, 0.25) is 0 Å². The first-order valence-corrected chi connectivity index (χ1v) is 8.56. The summed E-state index contributed by atoms with van der Waals surface area (Å²) in [6.07, 6.45) is -0.150. The van der Waals surface area contributed by atoms with Gasteiger partial charge in [0, 0.05) is 6.07 Å². The number of sulfonamides is 1. The predicted molar refractivity (Wildman–Crippen MR) is 83.6 cm³/mol. The topological polar surface area (TPSA) is 64.6 Å². The van der Waals surface area contributed by atoms with E-state index in [4.69, 9.17) is 9.47 Å². The van der Waals surface area contributed by atoms with E-state index in [2.05, 4.69) is 4.72 Å². The molecule has 0 spiro atoms. The maximum absolute atomic E-state index is 13.5. The van der Waals surface area contributed by atoms with E-state index in [1.807, 2.05) is 6.92 Å². The van der Waals surface area contributed by atoms with E-state index in [0.29, 0.717) is 13.2 Å². The van der Waals surface area contributed by atoms with Crippen molar-refractivity contribution in [2.24, 2.45) is 0 Å². The van der Waals surface area contributed by atoms with Gasteiger partial charge >= 0.3 is 0 Å². The number of hydrogen-bond donors (Lipinski definition) is 1. The molecule has 0 unspecified atom stereocenters. The van der Waals surface area contributed by atoms with E-state index < -0.39 is 15.8 Å². The Morgan fingerprint density at radius 2 is 1.87 bits per heavy atom. The van der Waals surface area contributed by atoms with Gasteiger partial charge in [-0.15, -0.1) is 0 Å². The molecule has 0 bridgehead atoms. The molecule has 0 amide bonds. The fourth-order valence-electron chi connectivity index (χ4n) is 2.07. The summed E-state index contributed by atoms with van der Waals surface area (Å²) < 4.78 is 51.4. The van der Waals surface area contributed by atoms with Crippen LogP contribution in [-0.4, -0.2) is 27.7 Å². The molecule has 1 heterocycles. The van der Waals surface area contributed by atoms with Crippen LogP contribution >= 0.6 is 0 Å². The number of halogens is 1. The Balaban J connectivity index is 1.88.